The minimum absolute atomic E-state index is 1.16. The van der Waals surface area contributed by atoms with Gasteiger partial charge in [-0.05, 0) is 49.7 Å². The van der Waals surface area contributed by atoms with Crippen LogP contribution < -0.4 is 0 Å². The second-order valence-electron chi connectivity index (χ2n) is 5.88. The van der Waals surface area contributed by atoms with Crippen LogP contribution in [0.2, 0.25) is 0 Å². The summed E-state index contributed by atoms with van der Waals surface area (Å²) in [5, 5.41) is 0. The summed E-state index contributed by atoms with van der Waals surface area (Å²) in [6.07, 6.45) is 11.2. The lowest BCUT2D eigenvalue weighted by Gasteiger charge is -2.08. The van der Waals surface area contributed by atoms with Crippen LogP contribution >= 0.6 is 0 Å². The van der Waals surface area contributed by atoms with Gasteiger partial charge >= 0.3 is 0 Å². The third-order valence-corrected chi connectivity index (χ3v) is 3.89. The molecule has 0 fully saturated rings. The molecule has 116 valence electrons. The smallest absolute Gasteiger partial charge is 0.00115 e. The van der Waals surface area contributed by atoms with Crippen molar-refractivity contribution in [3.63, 3.8) is 0 Å². The average Bonchev–Trinajstić information content (AvgIpc) is 2.54. The monoisotopic (exact) mass is 284 g/mol. The molecule has 0 heteroatoms. The molecule has 0 atom stereocenters. The van der Waals surface area contributed by atoms with Gasteiger partial charge in [-0.1, -0.05) is 70.4 Å². The quantitative estimate of drug-likeness (QED) is 0.400. The Morgan fingerprint density at radius 3 is 1.81 bits per heavy atom. The highest BCUT2D eigenvalue weighted by Gasteiger charge is 2.02. The minimum atomic E-state index is 1.16. The summed E-state index contributed by atoms with van der Waals surface area (Å²) in [6.45, 7) is 6.81. The number of allylic oxidation sites excluding steroid dienone is 1. The summed E-state index contributed by atoms with van der Waals surface area (Å²) in [5.41, 5.74) is 8.12. The molecule has 21 heavy (non-hydrogen) atoms. The SMILES string of the molecule is CCCCC(=C=C(CCCC)c1ccccc1)CCCC. The molecule has 0 spiro atoms. The first-order valence-corrected chi connectivity index (χ1v) is 8.84. The normalized spacial score (nSPS) is 10.2. The Hall–Kier alpha value is -1.26. The zero-order valence-electron chi connectivity index (χ0n) is 14.3. The van der Waals surface area contributed by atoms with Crippen molar-refractivity contribution in [2.24, 2.45) is 0 Å². The second kappa shape index (κ2) is 11.4. The van der Waals surface area contributed by atoms with Gasteiger partial charge in [0.1, 0.15) is 0 Å². The van der Waals surface area contributed by atoms with E-state index in [2.05, 4.69) is 56.8 Å². The molecule has 0 radical (unpaired) electrons. The molecule has 0 heterocycles. The lowest BCUT2D eigenvalue weighted by atomic mass is 9.97. The molecule has 0 N–H and O–H groups in total. The predicted molar refractivity (Wildman–Crippen MR) is 95.5 cm³/mol. The largest absolute Gasteiger partial charge is 0.118 e. The molecule has 0 saturated carbocycles. The Morgan fingerprint density at radius 1 is 0.762 bits per heavy atom. The number of benzene rings is 1. The van der Waals surface area contributed by atoms with Crippen LogP contribution in [0, 0.1) is 0 Å². The number of hydrogen-bond donors (Lipinski definition) is 0. The van der Waals surface area contributed by atoms with E-state index >= 15 is 0 Å². The van der Waals surface area contributed by atoms with Crippen LogP contribution in [-0.2, 0) is 0 Å². The first-order valence-electron chi connectivity index (χ1n) is 8.84. The molecule has 1 aromatic rings. The lowest BCUT2D eigenvalue weighted by Crippen LogP contribution is -1.88. The molecule has 0 amide bonds. The fourth-order valence-electron chi connectivity index (χ4n) is 2.52. The summed E-state index contributed by atoms with van der Waals surface area (Å²) < 4.78 is 0. The Morgan fingerprint density at radius 2 is 1.29 bits per heavy atom. The van der Waals surface area contributed by atoms with E-state index < -0.39 is 0 Å². The Balaban J connectivity index is 3.05. The van der Waals surface area contributed by atoms with E-state index in [0.29, 0.717) is 0 Å². The van der Waals surface area contributed by atoms with Crippen molar-refractivity contribution in [3.05, 3.63) is 47.2 Å². The highest BCUT2D eigenvalue weighted by atomic mass is 14.1. The van der Waals surface area contributed by atoms with E-state index in [1.807, 2.05) is 0 Å². The molecule has 0 nitrogen and oxygen atoms in total. The lowest BCUT2D eigenvalue weighted by molar-refractivity contribution is 0.714. The van der Waals surface area contributed by atoms with Gasteiger partial charge in [0.25, 0.3) is 0 Å². The summed E-state index contributed by atoms with van der Waals surface area (Å²) >= 11 is 0. The molecular formula is C21H32. The third kappa shape index (κ3) is 7.34. The standard InChI is InChI=1S/C21H32/c1-4-7-13-19(14-8-5-2)18-21(15-9-6-3)20-16-11-10-12-17-20/h10-12,16-17H,4-9,13-15H2,1-3H3. The number of rotatable bonds is 10. The highest BCUT2D eigenvalue weighted by Crippen LogP contribution is 2.23. The van der Waals surface area contributed by atoms with Crippen LogP contribution in [-0.4, -0.2) is 0 Å². The zero-order chi connectivity index (χ0) is 15.3. The van der Waals surface area contributed by atoms with Crippen LogP contribution in [0.25, 0.3) is 5.57 Å². The molecule has 0 saturated heterocycles. The first kappa shape index (κ1) is 17.8. The summed E-state index contributed by atoms with van der Waals surface area (Å²) in [7, 11) is 0. The van der Waals surface area contributed by atoms with Crippen molar-refractivity contribution in [2.45, 2.75) is 78.6 Å². The maximum atomic E-state index is 3.81. The molecule has 1 rings (SSSR count). The van der Waals surface area contributed by atoms with Gasteiger partial charge in [-0.2, -0.15) is 0 Å². The van der Waals surface area contributed by atoms with E-state index in [1.165, 1.54) is 68.1 Å². The van der Waals surface area contributed by atoms with E-state index in [9.17, 15) is 0 Å². The first-order chi connectivity index (χ1) is 10.3. The Bertz CT molecular complexity index is 422. The predicted octanol–water partition coefficient (Wildman–Crippen LogP) is 7.17. The summed E-state index contributed by atoms with van der Waals surface area (Å²) in [4.78, 5) is 0. The van der Waals surface area contributed by atoms with Crippen LogP contribution in [0.4, 0.5) is 0 Å². The Labute approximate surface area is 132 Å². The topological polar surface area (TPSA) is 0 Å². The zero-order valence-corrected chi connectivity index (χ0v) is 14.3. The second-order valence-corrected chi connectivity index (χ2v) is 5.88. The van der Waals surface area contributed by atoms with Crippen molar-refractivity contribution in [1.82, 2.24) is 0 Å². The molecule has 0 aromatic heterocycles. The molecule has 0 unspecified atom stereocenters. The van der Waals surface area contributed by atoms with Gasteiger partial charge in [0.2, 0.25) is 0 Å². The van der Waals surface area contributed by atoms with Gasteiger partial charge < -0.3 is 0 Å². The maximum absolute atomic E-state index is 3.81. The molecule has 0 aliphatic carbocycles. The van der Waals surface area contributed by atoms with E-state index in [1.54, 1.807) is 0 Å². The maximum Gasteiger partial charge on any atom is 0.00115 e. The number of hydrogen-bond acceptors (Lipinski definition) is 0. The van der Waals surface area contributed by atoms with E-state index in [4.69, 9.17) is 0 Å². The van der Waals surface area contributed by atoms with Gasteiger partial charge in [-0.25, -0.2) is 0 Å². The molecular weight excluding hydrogens is 252 g/mol. The average molecular weight is 284 g/mol. The van der Waals surface area contributed by atoms with Crippen LogP contribution in [0.3, 0.4) is 0 Å². The third-order valence-electron chi connectivity index (χ3n) is 3.89. The molecule has 0 aliphatic heterocycles. The van der Waals surface area contributed by atoms with Crippen LogP contribution in [0.5, 0.6) is 0 Å². The Kier molecular flexibility index (Phi) is 9.66. The molecule has 0 aliphatic rings. The molecule has 1 aromatic carbocycles. The van der Waals surface area contributed by atoms with E-state index in [0.717, 1.165) is 6.42 Å². The van der Waals surface area contributed by atoms with Gasteiger partial charge in [0.05, 0.1) is 0 Å². The van der Waals surface area contributed by atoms with Crippen LogP contribution in [0.1, 0.15) is 84.1 Å². The van der Waals surface area contributed by atoms with Crippen molar-refractivity contribution in [2.75, 3.05) is 0 Å². The van der Waals surface area contributed by atoms with Gasteiger partial charge in [-0.15, -0.1) is 5.73 Å². The van der Waals surface area contributed by atoms with Crippen LogP contribution in [0.15, 0.2) is 41.6 Å². The number of unbranched alkanes of at least 4 members (excludes halogenated alkanes) is 3. The molecule has 0 bridgehead atoms. The fraction of sp³-hybridized carbons (Fsp3) is 0.571. The highest BCUT2D eigenvalue weighted by molar-refractivity contribution is 5.65. The van der Waals surface area contributed by atoms with Gasteiger partial charge in [0.15, 0.2) is 0 Å². The van der Waals surface area contributed by atoms with Gasteiger partial charge in [-0.3, -0.25) is 0 Å². The van der Waals surface area contributed by atoms with E-state index in [-0.39, 0.29) is 0 Å². The summed E-state index contributed by atoms with van der Waals surface area (Å²) in [5.74, 6) is 0. The van der Waals surface area contributed by atoms with Crippen molar-refractivity contribution >= 4 is 5.57 Å². The minimum Gasteiger partial charge on any atom is -0.118 e. The van der Waals surface area contributed by atoms with Gasteiger partial charge in [0, 0.05) is 5.57 Å². The van der Waals surface area contributed by atoms with Crippen molar-refractivity contribution in [3.8, 4) is 0 Å². The summed E-state index contributed by atoms with van der Waals surface area (Å²) in [6, 6.07) is 10.8. The fourth-order valence-corrected chi connectivity index (χ4v) is 2.52. The van der Waals surface area contributed by atoms with Crippen molar-refractivity contribution < 1.29 is 0 Å². The van der Waals surface area contributed by atoms with Crippen molar-refractivity contribution in [1.29, 1.82) is 0 Å².